The predicted octanol–water partition coefficient (Wildman–Crippen LogP) is 6.15. The van der Waals surface area contributed by atoms with Crippen molar-refractivity contribution in [2.75, 3.05) is 0 Å². The molecule has 0 saturated carbocycles. The molecule has 1 aliphatic carbocycles. The molecule has 1 amide bonds. The Bertz CT molecular complexity index is 1400. The maximum absolute atomic E-state index is 12.8. The molecule has 180 valence electrons. The van der Waals surface area contributed by atoms with Crippen molar-refractivity contribution >= 4 is 58.1 Å². The Balaban J connectivity index is 1.57. The number of rotatable bonds is 5. The van der Waals surface area contributed by atoms with Crippen molar-refractivity contribution in [1.82, 2.24) is 5.43 Å². The summed E-state index contributed by atoms with van der Waals surface area (Å²) in [4.78, 5) is 35.7. The highest BCUT2D eigenvalue weighted by atomic mass is 35.5. The summed E-state index contributed by atoms with van der Waals surface area (Å²) >= 11 is 17.8. The monoisotopic (exact) mass is 535 g/mol. The van der Waals surface area contributed by atoms with E-state index in [9.17, 15) is 19.7 Å². The molecular formula is C23H16Cl3N3O6. The van der Waals surface area contributed by atoms with Crippen molar-refractivity contribution in [3.8, 4) is 5.75 Å². The number of carbonyl (C=O) groups excluding carboxylic acids is 2. The Morgan fingerprint density at radius 1 is 1.11 bits per heavy atom. The van der Waals surface area contributed by atoms with Gasteiger partial charge in [-0.2, -0.15) is 5.10 Å². The Morgan fingerprint density at radius 2 is 1.89 bits per heavy atom. The molecule has 1 aromatic heterocycles. The van der Waals surface area contributed by atoms with Gasteiger partial charge in [-0.05, 0) is 50.1 Å². The fraction of sp³-hybridized carbons (Fsp3) is 0.174. The zero-order valence-electron chi connectivity index (χ0n) is 18.1. The lowest BCUT2D eigenvalue weighted by atomic mass is 9.93. The maximum Gasteiger partial charge on any atom is 0.379 e. The fourth-order valence-corrected chi connectivity index (χ4v) is 4.29. The quantitative estimate of drug-likeness (QED) is 0.181. The first-order valence-electron chi connectivity index (χ1n) is 10.3. The average Bonchev–Trinajstić information content (AvgIpc) is 3.16. The minimum absolute atomic E-state index is 0.00438. The van der Waals surface area contributed by atoms with Crippen LogP contribution < -0.4 is 10.2 Å². The van der Waals surface area contributed by atoms with E-state index in [4.69, 9.17) is 44.0 Å². The molecule has 3 aromatic rings. The summed E-state index contributed by atoms with van der Waals surface area (Å²) in [5.74, 6) is -0.720. The number of fused-ring (bicyclic) bond motifs is 1. The third-order valence-corrected chi connectivity index (χ3v) is 6.16. The second-order valence-corrected chi connectivity index (χ2v) is 8.85. The van der Waals surface area contributed by atoms with Gasteiger partial charge in [-0.15, -0.1) is 0 Å². The van der Waals surface area contributed by atoms with E-state index in [-0.39, 0.29) is 32.8 Å². The summed E-state index contributed by atoms with van der Waals surface area (Å²) in [6, 6.07) is 8.17. The highest BCUT2D eigenvalue weighted by Crippen LogP contribution is 2.32. The lowest BCUT2D eigenvalue weighted by Crippen LogP contribution is -2.22. The van der Waals surface area contributed by atoms with Crippen LogP contribution >= 0.6 is 34.8 Å². The Kier molecular flexibility index (Phi) is 7.11. The molecule has 0 aliphatic heterocycles. The van der Waals surface area contributed by atoms with Gasteiger partial charge in [0.25, 0.3) is 11.6 Å². The van der Waals surface area contributed by atoms with Crippen molar-refractivity contribution in [3.05, 3.63) is 89.8 Å². The summed E-state index contributed by atoms with van der Waals surface area (Å²) < 4.78 is 11.2. The van der Waals surface area contributed by atoms with Gasteiger partial charge in [0.05, 0.1) is 15.7 Å². The van der Waals surface area contributed by atoms with Crippen LogP contribution in [0.1, 0.15) is 50.6 Å². The summed E-state index contributed by atoms with van der Waals surface area (Å²) in [6.07, 6.45) is 1.77. The standard InChI is InChI=1S/C23H16Cl3N3O6/c1-11-20-16(27-28-22(30)12-5-7-14(25)17(9-12)29(32)33)3-2-4-19(20)34-21(11)23(31)35-18-8-6-13(24)10-15(18)26/h5-10H,2-4H2,1H3,(H,28,30)/b27-16+. The van der Waals surface area contributed by atoms with E-state index in [1.54, 1.807) is 13.0 Å². The number of esters is 1. The lowest BCUT2D eigenvalue weighted by Gasteiger charge is -2.13. The normalized spacial score (nSPS) is 13.9. The van der Waals surface area contributed by atoms with Crippen LogP contribution in [0.3, 0.4) is 0 Å². The van der Waals surface area contributed by atoms with Gasteiger partial charge in [0.1, 0.15) is 16.5 Å². The number of aryl methyl sites for hydroxylation is 1. The van der Waals surface area contributed by atoms with Crippen molar-refractivity contribution in [3.63, 3.8) is 0 Å². The number of halogens is 3. The molecule has 1 N–H and O–H groups in total. The molecule has 0 bridgehead atoms. The van der Waals surface area contributed by atoms with Crippen LogP contribution in [0.15, 0.2) is 45.9 Å². The topological polar surface area (TPSA) is 124 Å². The van der Waals surface area contributed by atoms with Crippen molar-refractivity contribution in [1.29, 1.82) is 0 Å². The Labute approximate surface area is 213 Å². The number of benzene rings is 2. The number of nitro benzene ring substituents is 1. The molecule has 9 nitrogen and oxygen atoms in total. The number of hydrogen-bond acceptors (Lipinski definition) is 7. The van der Waals surface area contributed by atoms with Crippen LogP contribution in [0.25, 0.3) is 0 Å². The summed E-state index contributed by atoms with van der Waals surface area (Å²) in [6.45, 7) is 1.69. The van der Waals surface area contributed by atoms with Gasteiger partial charge in [0.2, 0.25) is 5.76 Å². The molecular weight excluding hydrogens is 521 g/mol. The molecule has 2 aromatic carbocycles. The third-order valence-electron chi connectivity index (χ3n) is 5.31. The average molecular weight is 537 g/mol. The molecule has 0 spiro atoms. The summed E-state index contributed by atoms with van der Waals surface area (Å²) in [5, 5.41) is 15.8. The third kappa shape index (κ3) is 5.17. The molecule has 0 unspecified atom stereocenters. The SMILES string of the molecule is Cc1c(C(=O)Oc2ccc(Cl)cc2Cl)oc2c1/C(=N/NC(=O)c1ccc(Cl)c([N+](=O)[O-])c1)CCC2. The number of hydrazone groups is 1. The van der Waals surface area contributed by atoms with E-state index < -0.39 is 16.8 Å². The second-order valence-electron chi connectivity index (χ2n) is 7.59. The molecule has 4 rings (SSSR count). The smallest absolute Gasteiger partial charge is 0.379 e. The van der Waals surface area contributed by atoms with Crippen molar-refractivity contribution in [2.45, 2.75) is 26.2 Å². The van der Waals surface area contributed by atoms with E-state index in [1.807, 2.05) is 0 Å². The molecule has 0 radical (unpaired) electrons. The first kappa shape index (κ1) is 24.7. The molecule has 35 heavy (non-hydrogen) atoms. The van der Waals surface area contributed by atoms with Crippen LogP contribution in [-0.2, 0) is 6.42 Å². The zero-order chi connectivity index (χ0) is 25.3. The van der Waals surface area contributed by atoms with Gasteiger partial charge in [0, 0.05) is 34.2 Å². The molecule has 1 aliphatic rings. The van der Waals surface area contributed by atoms with Gasteiger partial charge < -0.3 is 9.15 Å². The van der Waals surface area contributed by atoms with Gasteiger partial charge in [-0.3, -0.25) is 14.9 Å². The Morgan fingerprint density at radius 3 is 2.60 bits per heavy atom. The van der Waals surface area contributed by atoms with E-state index in [0.29, 0.717) is 46.9 Å². The molecule has 0 atom stereocenters. The fourth-order valence-electron chi connectivity index (χ4n) is 3.66. The highest BCUT2D eigenvalue weighted by molar-refractivity contribution is 6.35. The number of ether oxygens (including phenoxy) is 1. The number of nitrogens with one attached hydrogen (secondary N) is 1. The van der Waals surface area contributed by atoms with Crippen LogP contribution in [0, 0.1) is 17.0 Å². The second kappa shape index (κ2) is 10.1. The predicted molar refractivity (Wildman–Crippen MR) is 130 cm³/mol. The van der Waals surface area contributed by atoms with E-state index in [0.717, 1.165) is 6.07 Å². The van der Waals surface area contributed by atoms with Gasteiger partial charge >= 0.3 is 5.97 Å². The Hall–Kier alpha value is -3.40. The number of nitro groups is 1. The van der Waals surface area contributed by atoms with Crippen LogP contribution in [0.5, 0.6) is 5.75 Å². The minimum Gasteiger partial charge on any atom is -0.453 e. The van der Waals surface area contributed by atoms with E-state index in [1.165, 1.54) is 24.3 Å². The summed E-state index contributed by atoms with van der Waals surface area (Å²) in [7, 11) is 0. The molecule has 1 heterocycles. The largest absolute Gasteiger partial charge is 0.453 e. The summed E-state index contributed by atoms with van der Waals surface area (Å²) in [5.41, 5.74) is 3.66. The highest BCUT2D eigenvalue weighted by Gasteiger charge is 2.29. The molecule has 0 fully saturated rings. The number of furan rings is 1. The number of carbonyl (C=O) groups is 2. The first-order chi connectivity index (χ1) is 16.7. The first-order valence-corrected chi connectivity index (χ1v) is 11.4. The van der Waals surface area contributed by atoms with Crippen LogP contribution in [-0.4, -0.2) is 22.5 Å². The maximum atomic E-state index is 12.8. The number of hydrogen-bond donors (Lipinski definition) is 1. The van der Waals surface area contributed by atoms with Crippen molar-refractivity contribution < 1.29 is 23.7 Å². The van der Waals surface area contributed by atoms with E-state index in [2.05, 4.69) is 10.5 Å². The van der Waals surface area contributed by atoms with Gasteiger partial charge in [-0.25, -0.2) is 10.2 Å². The van der Waals surface area contributed by atoms with Crippen LogP contribution in [0.4, 0.5) is 5.69 Å². The van der Waals surface area contributed by atoms with Gasteiger partial charge in [-0.1, -0.05) is 34.8 Å². The minimum atomic E-state index is -0.738. The van der Waals surface area contributed by atoms with Gasteiger partial charge in [0.15, 0.2) is 0 Å². The van der Waals surface area contributed by atoms with Crippen molar-refractivity contribution in [2.24, 2.45) is 5.10 Å². The zero-order valence-corrected chi connectivity index (χ0v) is 20.3. The van der Waals surface area contributed by atoms with Crippen LogP contribution in [0.2, 0.25) is 15.1 Å². The van der Waals surface area contributed by atoms with E-state index >= 15 is 0 Å². The lowest BCUT2D eigenvalue weighted by molar-refractivity contribution is -0.384. The number of nitrogens with zero attached hydrogens (tertiary/aromatic N) is 2. The molecule has 12 heteroatoms. The number of amides is 1. The molecule has 0 saturated heterocycles.